The molecule has 0 bridgehead atoms. The summed E-state index contributed by atoms with van der Waals surface area (Å²) < 4.78 is 27.6. The van der Waals surface area contributed by atoms with Gasteiger partial charge in [-0.25, -0.2) is 8.78 Å². The van der Waals surface area contributed by atoms with E-state index in [0.29, 0.717) is 5.56 Å². The molecule has 0 fully saturated rings. The maximum absolute atomic E-state index is 13.9. The Labute approximate surface area is 111 Å². The zero-order valence-electron chi connectivity index (χ0n) is 11.0. The summed E-state index contributed by atoms with van der Waals surface area (Å²) >= 11 is 0. The summed E-state index contributed by atoms with van der Waals surface area (Å²) in [5.74, 6) is -1.37. The first kappa shape index (κ1) is 13.7. The molecule has 0 spiro atoms. The maximum atomic E-state index is 13.9. The number of hydrogen-bond acceptors (Lipinski definition) is 1. The second kappa shape index (κ2) is 5.49. The van der Waals surface area contributed by atoms with Crippen LogP contribution in [-0.2, 0) is 6.42 Å². The lowest BCUT2D eigenvalue weighted by atomic mass is 9.96. The molecule has 0 amide bonds. The zero-order chi connectivity index (χ0) is 14.0. The summed E-state index contributed by atoms with van der Waals surface area (Å²) in [6, 6.07) is 10.1. The van der Waals surface area contributed by atoms with Gasteiger partial charge >= 0.3 is 0 Å². The van der Waals surface area contributed by atoms with E-state index in [1.807, 2.05) is 31.2 Å². The molecule has 1 nitrogen and oxygen atoms in total. The fourth-order valence-corrected chi connectivity index (χ4v) is 2.13. The molecule has 1 atom stereocenters. The summed E-state index contributed by atoms with van der Waals surface area (Å²) in [7, 11) is 0. The molecule has 0 radical (unpaired) electrons. The highest BCUT2D eigenvalue weighted by Crippen LogP contribution is 2.26. The van der Waals surface area contributed by atoms with Crippen molar-refractivity contribution in [3.8, 4) is 0 Å². The van der Waals surface area contributed by atoms with Gasteiger partial charge in [0.1, 0.15) is 11.6 Å². The predicted octanol–water partition coefficient (Wildman–Crippen LogP) is 3.86. The molecule has 2 rings (SSSR count). The first-order valence-electron chi connectivity index (χ1n) is 6.17. The topological polar surface area (TPSA) is 20.2 Å². The van der Waals surface area contributed by atoms with Gasteiger partial charge in [-0.1, -0.05) is 30.3 Å². The van der Waals surface area contributed by atoms with Gasteiger partial charge in [0.25, 0.3) is 0 Å². The van der Waals surface area contributed by atoms with Crippen LogP contribution in [0.1, 0.15) is 28.4 Å². The molecular weight excluding hydrogens is 246 g/mol. The molecule has 2 aromatic rings. The lowest BCUT2D eigenvalue weighted by molar-refractivity contribution is 0.168. The first-order valence-corrected chi connectivity index (χ1v) is 6.17. The SMILES string of the molecule is Cc1ccccc1CC(O)c1c(F)ccc(C)c1F. The van der Waals surface area contributed by atoms with E-state index in [1.165, 1.54) is 12.1 Å². The van der Waals surface area contributed by atoms with E-state index < -0.39 is 17.7 Å². The van der Waals surface area contributed by atoms with E-state index in [2.05, 4.69) is 0 Å². The van der Waals surface area contributed by atoms with Crippen LogP contribution in [-0.4, -0.2) is 5.11 Å². The van der Waals surface area contributed by atoms with Gasteiger partial charge in [0.2, 0.25) is 0 Å². The Morgan fingerprint density at radius 3 is 2.37 bits per heavy atom. The van der Waals surface area contributed by atoms with Crippen LogP contribution in [0.15, 0.2) is 36.4 Å². The summed E-state index contributed by atoms with van der Waals surface area (Å²) in [6.45, 7) is 3.46. The van der Waals surface area contributed by atoms with E-state index in [9.17, 15) is 13.9 Å². The van der Waals surface area contributed by atoms with Crippen molar-refractivity contribution in [3.05, 3.63) is 70.3 Å². The molecule has 1 unspecified atom stereocenters. The largest absolute Gasteiger partial charge is 0.388 e. The molecule has 0 aliphatic heterocycles. The van der Waals surface area contributed by atoms with E-state index in [1.54, 1.807) is 6.92 Å². The van der Waals surface area contributed by atoms with Crippen LogP contribution in [0.25, 0.3) is 0 Å². The molecule has 2 aromatic carbocycles. The third-order valence-electron chi connectivity index (χ3n) is 3.33. The number of aryl methyl sites for hydroxylation is 2. The van der Waals surface area contributed by atoms with Crippen molar-refractivity contribution < 1.29 is 13.9 Å². The average molecular weight is 262 g/mol. The van der Waals surface area contributed by atoms with Gasteiger partial charge in [0.05, 0.1) is 11.7 Å². The Balaban J connectivity index is 2.33. The molecule has 0 aromatic heterocycles. The van der Waals surface area contributed by atoms with Crippen LogP contribution in [0, 0.1) is 25.5 Å². The van der Waals surface area contributed by atoms with E-state index in [-0.39, 0.29) is 12.0 Å². The van der Waals surface area contributed by atoms with Crippen LogP contribution in [0.5, 0.6) is 0 Å². The van der Waals surface area contributed by atoms with Crippen molar-refractivity contribution in [2.45, 2.75) is 26.4 Å². The lowest BCUT2D eigenvalue weighted by Crippen LogP contribution is -2.09. The molecule has 19 heavy (non-hydrogen) atoms. The van der Waals surface area contributed by atoms with Crippen molar-refractivity contribution in [1.29, 1.82) is 0 Å². The summed E-state index contributed by atoms with van der Waals surface area (Å²) in [4.78, 5) is 0. The second-order valence-corrected chi connectivity index (χ2v) is 4.74. The van der Waals surface area contributed by atoms with Gasteiger partial charge in [-0.15, -0.1) is 0 Å². The molecule has 3 heteroatoms. The highest BCUT2D eigenvalue weighted by atomic mass is 19.1. The van der Waals surface area contributed by atoms with Crippen LogP contribution in [0.2, 0.25) is 0 Å². The standard InChI is InChI=1S/C16H16F2O/c1-10-5-3-4-6-12(10)9-14(19)15-13(17)8-7-11(2)16(15)18/h3-8,14,19H,9H2,1-2H3. The minimum atomic E-state index is -1.18. The second-order valence-electron chi connectivity index (χ2n) is 4.74. The highest BCUT2D eigenvalue weighted by molar-refractivity contribution is 5.32. The van der Waals surface area contributed by atoms with Crippen molar-refractivity contribution in [2.75, 3.05) is 0 Å². The highest BCUT2D eigenvalue weighted by Gasteiger charge is 2.20. The number of benzene rings is 2. The smallest absolute Gasteiger partial charge is 0.134 e. The van der Waals surface area contributed by atoms with E-state index >= 15 is 0 Å². The third kappa shape index (κ3) is 2.82. The van der Waals surface area contributed by atoms with E-state index in [0.717, 1.165) is 11.1 Å². The Bertz CT molecular complexity index is 593. The first-order chi connectivity index (χ1) is 9.00. The van der Waals surface area contributed by atoms with Crippen molar-refractivity contribution in [1.82, 2.24) is 0 Å². The van der Waals surface area contributed by atoms with Crippen LogP contribution in [0.4, 0.5) is 8.78 Å². The van der Waals surface area contributed by atoms with Crippen molar-refractivity contribution >= 4 is 0 Å². The maximum Gasteiger partial charge on any atom is 0.134 e. The predicted molar refractivity (Wildman–Crippen MR) is 70.9 cm³/mol. The van der Waals surface area contributed by atoms with E-state index in [4.69, 9.17) is 0 Å². The molecule has 0 aliphatic carbocycles. The molecule has 0 saturated carbocycles. The number of hydrogen-bond donors (Lipinski definition) is 1. The average Bonchev–Trinajstić information content (AvgIpc) is 2.37. The lowest BCUT2D eigenvalue weighted by Gasteiger charge is -2.15. The zero-order valence-corrected chi connectivity index (χ0v) is 11.0. The van der Waals surface area contributed by atoms with Crippen molar-refractivity contribution in [2.24, 2.45) is 0 Å². The molecule has 100 valence electrons. The number of aliphatic hydroxyl groups is 1. The third-order valence-corrected chi connectivity index (χ3v) is 3.33. The van der Waals surface area contributed by atoms with Gasteiger partial charge in [0.15, 0.2) is 0 Å². The monoisotopic (exact) mass is 262 g/mol. The number of rotatable bonds is 3. The molecule has 0 saturated heterocycles. The summed E-state index contributed by atoms with van der Waals surface area (Å²) in [5, 5.41) is 10.1. The summed E-state index contributed by atoms with van der Waals surface area (Å²) in [5.41, 5.74) is 1.97. The van der Waals surface area contributed by atoms with Crippen LogP contribution < -0.4 is 0 Å². The molecule has 1 N–H and O–H groups in total. The fraction of sp³-hybridized carbons (Fsp3) is 0.250. The molecular formula is C16H16F2O. The van der Waals surface area contributed by atoms with Gasteiger partial charge in [-0.05, 0) is 36.6 Å². The Morgan fingerprint density at radius 1 is 1.00 bits per heavy atom. The Morgan fingerprint density at radius 2 is 1.68 bits per heavy atom. The quantitative estimate of drug-likeness (QED) is 0.890. The fourth-order valence-electron chi connectivity index (χ4n) is 2.13. The van der Waals surface area contributed by atoms with Gasteiger partial charge in [-0.3, -0.25) is 0 Å². The minimum Gasteiger partial charge on any atom is -0.388 e. The summed E-state index contributed by atoms with van der Waals surface area (Å²) in [6.07, 6.45) is -0.981. The molecule has 0 aliphatic rings. The van der Waals surface area contributed by atoms with Gasteiger partial charge < -0.3 is 5.11 Å². The van der Waals surface area contributed by atoms with Gasteiger partial charge in [-0.2, -0.15) is 0 Å². The number of aliphatic hydroxyl groups excluding tert-OH is 1. The Kier molecular flexibility index (Phi) is 3.96. The minimum absolute atomic E-state index is 0.198. The van der Waals surface area contributed by atoms with Gasteiger partial charge in [0, 0.05) is 6.42 Å². The van der Waals surface area contributed by atoms with Crippen LogP contribution in [0.3, 0.4) is 0 Å². The van der Waals surface area contributed by atoms with Crippen LogP contribution >= 0.6 is 0 Å². The molecule has 0 heterocycles. The Hall–Kier alpha value is -1.74. The number of halogens is 2. The van der Waals surface area contributed by atoms with Crippen molar-refractivity contribution in [3.63, 3.8) is 0 Å². The normalized spacial score (nSPS) is 12.5.